The highest BCUT2D eigenvalue weighted by molar-refractivity contribution is 5.97. The van der Waals surface area contributed by atoms with Crippen LogP contribution in [0.5, 0.6) is 5.75 Å². The standard InChI is InChI=1S/C34H33NO4/c1-23(2)30-19-31(33(36)35-20-28-16-15-27(34(37)38)17-29(28)21-35)26(14-13-24-9-5-3-6-10-24)18-32(30)39-22-25-11-7-4-8-12-25/h3-12,15-19,23H,13-14,20-22H2,1-2H3,(H,37,38). The van der Waals surface area contributed by atoms with E-state index in [1.807, 2.05) is 65.6 Å². The number of nitrogens with zero attached hydrogens (tertiary/aromatic N) is 1. The van der Waals surface area contributed by atoms with Crippen LogP contribution in [-0.4, -0.2) is 21.9 Å². The minimum atomic E-state index is -0.960. The van der Waals surface area contributed by atoms with Gasteiger partial charge in [-0.05, 0) is 76.4 Å². The summed E-state index contributed by atoms with van der Waals surface area (Å²) in [5, 5.41) is 9.39. The van der Waals surface area contributed by atoms with E-state index < -0.39 is 5.97 Å². The number of carboxylic acids is 1. The van der Waals surface area contributed by atoms with E-state index in [0.717, 1.165) is 40.0 Å². The third kappa shape index (κ3) is 6.04. The van der Waals surface area contributed by atoms with Crippen LogP contribution >= 0.6 is 0 Å². The molecule has 0 bridgehead atoms. The maximum absolute atomic E-state index is 14.0. The van der Waals surface area contributed by atoms with Crippen LogP contribution in [0.3, 0.4) is 0 Å². The van der Waals surface area contributed by atoms with Crippen molar-refractivity contribution in [2.45, 2.75) is 52.3 Å². The summed E-state index contributed by atoms with van der Waals surface area (Å²) in [6, 6.07) is 29.5. The summed E-state index contributed by atoms with van der Waals surface area (Å²) in [5.74, 6) is -0.0234. The molecule has 198 valence electrons. The van der Waals surface area contributed by atoms with E-state index in [-0.39, 0.29) is 17.4 Å². The lowest BCUT2D eigenvalue weighted by atomic mass is 9.92. The van der Waals surface area contributed by atoms with Crippen LogP contribution in [0.1, 0.15) is 73.9 Å². The number of hydrogen-bond acceptors (Lipinski definition) is 3. The lowest BCUT2D eigenvalue weighted by Crippen LogP contribution is -2.27. The van der Waals surface area contributed by atoms with Crippen molar-refractivity contribution in [3.05, 3.63) is 136 Å². The lowest BCUT2D eigenvalue weighted by Gasteiger charge is -2.22. The van der Waals surface area contributed by atoms with Crippen molar-refractivity contribution in [2.24, 2.45) is 0 Å². The van der Waals surface area contributed by atoms with Gasteiger partial charge >= 0.3 is 5.97 Å². The van der Waals surface area contributed by atoms with Gasteiger partial charge in [0.1, 0.15) is 12.4 Å². The number of ether oxygens (including phenoxy) is 1. The van der Waals surface area contributed by atoms with E-state index in [9.17, 15) is 14.7 Å². The molecule has 5 nitrogen and oxygen atoms in total. The Morgan fingerprint density at radius 2 is 1.49 bits per heavy atom. The molecule has 1 heterocycles. The number of rotatable bonds is 9. The third-order valence-electron chi connectivity index (χ3n) is 7.31. The van der Waals surface area contributed by atoms with Crippen LogP contribution in [0, 0.1) is 0 Å². The van der Waals surface area contributed by atoms with Gasteiger partial charge in [0.25, 0.3) is 5.91 Å². The number of aryl methyl sites for hydroxylation is 2. The van der Waals surface area contributed by atoms with E-state index in [1.165, 1.54) is 5.56 Å². The van der Waals surface area contributed by atoms with Gasteiger partial charge in [0, 0.05) is 18.7 Å². The first-order valence-electron chi connectivity index (χ1n) is 13.4. The molecule has 1 N–H and O–H groups in total. The highest BCUT2D eigenvalue weighted by Gasteiger charge is 2.28. The van der Waals surface area contributed by atoms with E-state index in [4.69, 9.17) is 4.74 Å². The number of hydrogen-bond donors (Lipinski definition) is 1. The number of fused-ring (bicyclic) bond motifs is 1. The average molecular weight is 520 g/mol. The van der Waals surface area contributed by atoms with Gasteiger partial charge in [0.15, 0.2) is 0 Å². The molecule has 4 aromatic rings. The molecule has 4 aromatic carbocycles. The van der Waals surface area contributed by atoms with Crippen LogP contribution in [-0.2, 0) is 32.5 Å². The number of carboxylic acid groups (broad SMARTS) is 1. The zero-order chi connectivity index (χ0) is 27.4. The Labute approximate surface area is 229 Å². The second-order valence-electron chi connectivity index (χ2n) is 10.4. The van der Waals surface area contributed by atoms with Crippen LogP contribution < -0.4 is 4.74 Å². The quantitative estimate of drug-likeness (QED) is 0.258. The predicted molar refractivity (Wildman–Crippen MR) is 152 cm³/mol. The molecule has 0 saturated carbocycles. The molecule has 0 unspecified atom stereocenters. The van der Waals surface area contributed by atoms with Crippen molar-refractivity contribution >= 4 is 11.9 Å². The van der Waals surface area contributed by atoms with Crippen molar-refractivity contribution in [2.75, 3.05) is 0 Å². The van der Waals surface area contributed by atoms with Crippen molar-refractivity contribution in [3.8, 4) is 5.75 Å². The number of amides is 1. The fourth-order valence-electron chi connectivity index (χ4n) is 5.12. The minimum absolute atomic E-state index is 0.0392. The van der Waals surface area contributed by atoms with Gasteiger partial charge in [0.2, 0.25) is 0 Å². The molecule has 1 aliphatic heterocycles. The summed E-state index contributed by atoms with van der Waals surface area (Å²) < 4.78 is 6.34. The van der Waals surface area contributed by atoms with Crippen LogP contribution in [0.25, 0.3) is 0 Å². The van der Waals surface area contributed by atoms with Crippen molar-refractivity contribution in [3.63, 3.8) is 0 Å². The SMILES string of the molecule is CC(C)c1cc(C(=O)N2Cc3ccc(C(=O)O)cc3C2)c(CCc2ccccc2)cc1OCc1ccccc1. The number of carbonyl (C=O) groups excluding carboxylic acids is 1. The van der Waals surface area contributed by atoms with E-state index in [1.54, 1.807) is 12.1 Å². The van der Waals surface area contributed by atoms with Gasteiger partial charge in [-0.2, -0.15) is 0 Å². The Morgan fingerprint density at radius 1 is 0.821 bits per heavy atom. The van der Waals surface area contributed by atoms with Crippen LogP contribution in [0.2, 0.25) is 0 Å². The molecular formula is C34H33NO4. The highest BCUT2D eigenvalue weighted by Crippen LogP contribution is 2.34. The van der Waals surface area contributed by atoms with Gasteiger partial charge in [-0.15, -0.1) is 0 Å². The molecule has 0 atom stereocenters. The lowest BCUT2D eigenvalue weighted by molar-refractivity contribution is 0.0696. The smallest absolute Gasteiger partial charge is 0.335 e. The molecule has 0 radical (unpaired) electrons. The minimum Gasteiger partial charge on any atom is -0.489 e. The molecule has 0 fully saturated rings. The second-order valence-corrected chi connectivity index (χ2v) is 10.4. The zero-order valence-electron chi connectivity index (χ0n) is 22.4. The molecule has 0 spiro atoms. The van der Waals surface area contributed by atoms with Gasteiger partial charge in [-0.25, -0.2) is 4.79 Å². The van der Waals surface area contributed by atoms with Crippen LogP contribution in [0.15, 0.2) is 91.0 Å². The first-order chi connectivity index (χ1) is 18.9. The summed E-state index contributed by atoms with van der Waals surface area (Å²) in [5.41, 5.74) is 7.08. The average Bonchev–Trinajstić information content (AvgIpc) is 3.39. The predicted octanol–water partition coefficient (Wildman–Crippen LogP) is 7.03. The van der Waals surface area contributed by atoms with E-state index in [2.05, 4.69) is 32.0 Å². The molecule has 5 heteroatoms. The molecule has 0 aliphatic carbocycles. The normalized spacial score (nSPS) is 12.4. The summed E-state index contributed by atoms with van der Waals surface area (Å²) in [4.78, 5) is 27.3. The Balaban J connectivity index is 1.47. The molecule has 39 heavy (non-hydrogen) atoms. The van der Waals surface area contributed by atoms with E-state index in [0.29, 0.717) is 31.7 Å². The van der Waals surface area contributed by atoms with Gasteiger partial charge < -0.3 is 14.7 Å². The van der Waals surface area contributed by atoms with Crippen LogP contribution in [0.4, 0.5) is 0 Å². The Hall–Kier alpha value is -4.38. The maximum atomic E-state index is 14.0. The summed E-state index contributed by atoms with van der Waals surface area (Å²) in [7, 11) is 0. The zero-order valence-corrected chi connectivity index (χ0v) is 22.4. The first kappa shape index (κ1) is 26.2. The molecule has 1 aliphatic rings. The van der Waals surface area contributed by atoms with Gasteiger partial charge in [0.05, 0.1) is 5.56 Å². The van der Waals surface area contributed by atoms with Crippen molar-refractivity contribution < 1.29 is 19.4 Å². The molecule has 0 aromatic heterocycles. The summed E-state index contributed by atoms with van der Waals surface area (Å²) in [6.07, 6.45) is 1.51. The van der Waals surface area contributed by atoms with Gasteiger partial charge in [-0.3, -0.25) is 4.79 Å². The number of carbonyl (C=O) groups is 2. The third-order valence-corrected chi connectivity index (χ3v) is 7.31. The highest BCUT2D eigenvalue weighted by atomic mass is 16.5. The monoisotopic (exact) mass is 519 g/mol. The van der Waals surface area contributed by atoms with Gasteiger partial charge in [-0.1, -0.05) is 80.6 Å². The largest absolute Gasteiger partial charge is 0.489 e. The second kappa shape index (κ2) is 11.6. The molecule has 0 saturated heterocycles. The first-order valence-corrected chi connectivity index (χ1v) is 13.4. The van der Waals surface area contributed by atoms with Crippen molar-refractivity contribution in [1.29, 1.82) is 0 Å². The Kier molecular flexibility index (Phi) is 7.78. The molecular weight excluding hydrogens is 486 g/mol. The fraction of sp³-hybridized carbons (Fsp3) is 0.235. The Morgan fingerprint density at radius 3 is 2.15 bits per heavy atom. The molecule has 5 rings (SSSR count). The van der Waals surface area contributed by atoms with Crippen molar-refractivity contribution in [1.82, 2.24) is 4.90 Å². The molecule has 1 amide bonds. The summed E-state index contributed by atoms with van der Waals surface area (Å²) in [6.45, 7) is 5.55. The Bertz CT molecular complexity index is 1480. The maximum Gasteiger partial charge on any atom is 0.335 e. The summed E-state index contributed by atoms with van der Waals surface area (Å²) >= 11 is 0. The number of benzene rings is 4. The number of aromatic carboxylic acids is 1. The van der Waals surface area contributed by atoms with E-state index >= 15 is 0 Å². The fourth-order valence-corrected chi connectivity index (χ4v) is 5.12. The topological polar surface area (TPSA) is 66.8 Å².